The van der Waals surface area contributed by atoms with E-state index in [0.717, 1.165) is 0 Å². The second kappa shape index (κ2) is 4.50. The van der Waals surface area contributed by atoms with Crippen LogP contribution in [0.15, 0.2) is 6.07 Å². The summed E-state index contributed by atoms with van der Waals surface area (Å²) in [5, 5.41) is 0. The molecule has 0 aliphatic carbocycles. The molecule has 0 radical (unpaired) electrons. The number of aromatic nitrogens is 1. The van der Waals surface area contributed by atoms with Crippen molar-refractivity contribution in [2.24, 2.45) is 0 Å². The lowest BCUT2D eigenvalue weighted by Crippen LogP contribution is -2.02. The van der Waals surface area contributed by atoms with Crippen LogP contribution >= 0.6 is 0 Å². The van der Waals surface area contributed by atoms with Crippen LogP contribution in [-0.2, 0) is 0 Å². The van der Waals surface area contributed by atoms with Gasteiger partial charge in [-0.25, -0.2) is 4.98 Å². The van der Waals surface area contributed by atoms with Crippen molar-refractivity contribution in [3.8, 4) is 5.75 Å². The first kappa shape index (κ1) is 10.4. The van der Waals surface area contributed by atoms with Crippen LogP contribution in [0.2, 0.25) is 0 Å². The van der Waals surface area contributed by atoms with Gasteiger partial charge in [0.05, 0.1) is 6.61 Å². The monoisotopic (exact) mass is 193 g/mol. The van der Waals surface area contributed by atoms with Gasteiger partial charge in [0.15, 0.2) is 12.6 Å². The lowest BCUT2D eigenvalue weighted by Gasteiger charge is -2.07. The van der Waals surface area contributed by atoms with Gasteiger partial charge in [-0.3, -0.25) is 9.59 Å². The summed E-state index contributed by atoms with van der Waals surface area (Å²) in [6.45, 7) is 4.02. The van der Waals surface area contributed by atoms with Crippen LogP contribution in [0.1, 0.15) is 33.5 Å². The second-order valence-electron chi connectivity index (χ2n) is 2.74. The van der Waals surface area contributed by atoms with E-state index in [1.807, 2.05) is 6.92 Å². The van der Waals surface area contributed by atoms with E-state index >= 15 is 0 Å². The quantitative estimate of drug-likeness (QED) is 0.678. The molecule has 0 bridgehead atoms. The molecule has 4 heteroatoms. The minimum atomic E-state index is 0.166. The first-order valence-electron chi connectivity index (χ1n) is 4.27. The maximum Gasteiger partial charge on any atom is 0.172 e. The third kappa shape index (κ3) is 1.96. The fourth-order valence-corrected chi connectivity index (χ4v) is 1.09. The minimum absolute atomic E-state index is 0.166. The normalized spacial score (nSPS) is 9.57. The number of nitrogens with zero attached hydrogens (tertiary/aromatic N) is 1. The summed E-state index contributed by atoms with van der Waals surface area (Å²) in [6, 6.07) is 1.64. The zero-order chi connectivity index (χ0) is 10.6. The molecular weight excluding hydrogens is 182 g/mol. The van der Waals surface area contributed by atoms with Crippen LogP contribution in [0.4, 0.5) is 0 Å². The SMILES string of the molecule is CCOc1cc(C)c(C=O)nc1C=O. The van der Waals surface area contributed by atoms with Crippen molar-refractivity contribution < 1.29 is 14.3 Å². The molecule has 0 N–H and O–H groups in total. The summed E-state index contributed by atoms with van der Waals surface area (Å²) in [7, 11) is 0. The number of hydrogen-bond acceptors (Lipinski definition) is 4. The van der Waals surface area contributed by atoms with Crippen molar-refractivity contribution >= 4 is 12.6 Å². The van der Waals surface area contributed by atoms with Crippen LogP contribution in [0.5, 0.6) is 5.75 Å². The topological polar surface area (TPSA) is 56.3 Å². The van der Waals surface area contributed by atoms with E-state index < -0.39 is 0 Å². The van der Waals surface area contributed by atoms with Crippen LogP contribution in [-0.4, -0.2) is 24.2 Å². The Bertz CT molecular complexity index is 361. The van der Waals surface area contributed by atoms with E-state index in [0.29, 0.717) is 30.5 Å². The smallest absolute Gasteiger partial charge is 0.172 e. The summed E-state index contributed by atoms with van der Waals surface area (Å²) in [6.07, 6.45) is 1.20. The predicted molar refractivity (Wildman–Crippen MR) is 50.9 cm³/mol. The molecule has 0 aliphatic heterocycles. The Morgan fingerprint density at radius 3 is 2.50 bits per heavy atom. The Labute approximate surface area is 81.9 Å². The molecule has 1 heterocycles. The number of pyridine rings is 1. The maximum absolute atomic E-state index is 10.6. The van der Waals surface area contributed by atoms with Crippen molar-refractivity contribution in [1.29, 1.82) is 0 Å². The third-order valence-corrected chi connectivity index (χ3v) is 1.77. The van der Waals surface area contributed by atoms with Crippen LogP contribution < -0.4 is 4.74 Å². The highest BCUT2D eigenvalue weighted by molar-refractivity contribution is 5.81. The number of ether oxygens (including phenoxy) is 1. The van der Waals surface area contributed by atoms with Gasteiger partial charge >= 0.3 is 0 Å². The fraction of sp³-hybridized carbons (Fsp3) is 0.300. The van der Waals surface area contributed by atoms with E-state index in [4.69, 9.17) is 4.74 Å². The molecule has 0 atom stereocenters. The van der Waals surface area contributed by atoms with E-state index in [2.05, 4.69) is 4.98 Å². The van der Waals surface area contributed by atoms with Gasteiger partial charge in [-0.05, 0) is 25.5 Å². The number of aldehydes is 2. The molecule has 4 nitrogen and oxygen atoms in total. The molecule has 1 aromatic rings. The number of hydrogen-bond donors (Lipinski definition) is 0. The lowest BCUT2D eigenvalue weighted by atomic mass is 10.2. The van der Waals surface area contributed by atoms with E-state index in [-0.39, 0.29) is 11.4 Å². The summed E-state index contributed by atoms with van der Waals surface area (Å²) in [5.41, 5.74) is 1.14. The summed E-state index contributed by atoms with van der Waals surface area (Å²) in [5.74, 6) is 0.422. The largest absolute Gasteiger partial charge is 0.491 e. The molecule has 0 spiro atoms. The van der Waals surface area contributed by atoms with Gasteiger partial charge in [0.25, 0.3) is 0 Å². The molecule has 0 aromatic carbocycles. The molecule has 0 aliphatic rings. The zero-order valence-corrected chi connectivity index (χ0v) is 8.11. The Kier molecular flexibility index (Phi) is 3.34. The van der Waals surface area contributed by atoms with Gasteiger partial charge in [-0.15, -0.1) is 0 Å². The number of carbonyl (C=O) groups is 2. The second-order valence-corrected chi connectivity index (χ2v) is 2.74. The van der Waals surface area contributed by atoms with E-state index in [1.54, 1.807) is 13.0 Å². The number of rotatable bonds is 4. The van der Waals surface area contributed by atoms with Crippen molar-refractivity contribution in [2.75, 3.05) is 6.61 Å². The van der Waals surface area contributed by atoms with Gasteiger partial charge in [0.1, 0.15) is 17.1 Å². The third-order valence-electron chi connectivity index (χ3n) is 1.77. The first-order chi connectivity index (χ1) is 6.72. The molecule has 0 saturated carbocycles. The summed E-state index contributed by atoms with van der Waals surface area (Å²) < 4.78 is 5.20. The van der Waals surface area contributed by atoms with Gasteiger partial charge in [-0.1, -0.05) is 0 Å². The highest BCUT2D eigenvalue weighted by atomic mass is 16.5. The molecule has 1 rings (SSSR count). The first-order valence-corrected chi connectivity index (χ1v) is 4.27. The predicted octanol–water partition coefficient (Wildman–Crippen LogP) is 1.41. The van der Waals surface area contributed by atoms with Gasteiger partial charge < -0.3 is 4.74 Å². The van der Waals surface area contributed by atoms with Crippen molar-refractivity contribution in [1.82, 2.24) is 4.98 Å². The Morgan fingerprint density at radius 1 is 1.36 bits per heavy atom. The summed E-state index contributed by atoms with van der Waals surface area (Å²) in [4.78, 5) is 25.0. The van der Waals surface area contributed by atoms with E-state index in [9.17, 15) is 9.59 Å². The Hall–Kier alpha value is -1.71. The lowest BCUT2D eigenvalue weighted by molar-refractivity contribution is 0.111. The van der Waals surface area contributed by atoms with Crippen molar-refractivity contribution in [2.45, 2.75) is 13.8 Å². The number of carbonyl (C=O) groups excluding carboxylic acids is 2. The average Bonchev–Trinajstić information content (AvgIpc) is 2.19. The van der Waals surface area contributed by atoms with Crippen LogP contribution in [0.25, 0.3) is 0 Å². The average molecular weight is 193 g/mol. The van der Waals surface area contributed by atoms with E-state index in [1.165, 1.54) is 0 Å². The summed E-state index contributed by atoms with van der Waals surface area (Å²) >= 11 is 0. The zero-order valence-electron chi connectivity index (χ0n) is 8.11. The molecule has 14 heavy (non-hydrogen) atoms. The minimum Gasteiger partial charge on any atom is -0.491 e. The van der Waals surface area contributed by atoms with Gasteiger partial charge in [0, 0.05) is 0 Å². The maximum atomic E-state index is 10.6. The molecule has 74 valence electrons. The molecule has 0 fully saturated rings. The molecule has 0 unspecified atom stereocenters. The Morgan fingerprint density at radius 2 is 2.00 bits per heavy atom. The van der Waals surface area contributed by atoms with Crippen molar-refractivity contribution in [3.05, 3.63) is 23.0 Å². The van der Waals surface area contributed by atoms with Gasteiger partial charge in [-0.2, -0.15) is 0 Å². The highest BCUT2D eigenvalue weighted by Crippen LogP contribution is 2.18. The highest BCUT2D eigenvalue weighted by Gasteiger charge is 2.08. The fourth-order valence-electron chi connectivity index (χ4n) is 1.09. The van der Waals surface area contributed by atoms with Crippen molar-refractivity contribution in [3.63, 3.8) is 0 Å². The van der Waals surface area contributed by atoms with Crippen LogP contribution in [0.3, 0.4) is 0 Å². The number of aryl methyl sites for hydroxylation is 1. The molecular formula is C10H11NO3. The molecule has 0 amide bonds. The molecule has 0 saturated heterocycles. The molecule has 1 aromatic heterocycles. The van der Waals surface area contributed by atoms with Gasteiger partial charge in [0.2, 0.25) is 0 Å². The standard InChI is InChI=1S/C10H11NO3/c1-3-14-10-4-7(2)8(5-12)11-9(10)6-13/h4-6H,3H2,1-2H3. The van der Waals surface area contributed by atoms with Crippen LogP contribution in [0, 0.1) is 6.92 Å². The Balaban J connectivity index is 3.23.